The van der Waals surface area contributed by atoms with Gasteiger partial charge in [0.2, 0.25) is 0 Å². The zero-order chi connectivity index (χ0) is 16.2. The van der Waals surface area contributed by atoms with Crippen molar-refractivity contribution in [3.05, 3.63) is 54.1 Å². The molecular formula is C18H20N2O3. The highest BCUT2D eigenvalue weighted by atomic mass is 16.5. The maximum atomic E-state index is 12.7. The van der Waals surface area contributed by atoms with E-state index in [2.05, 4.69) is 5.32 Å². The zero-order valence-electron chi connectivity index (χ0n) is 13.0. The van der Waals surface area contributed by atoms with Gasteiger partial charge < -0.3 is 20.1 Å². The lowest BCUT2D eigenvalue weighted by Crippen LogP contribution is -2.30. The molecule has 1 aliphatic rings. The number of hydrogen-bond donors (Lipinski definition) is 2. The minimum absolute atomic E-state index is 0.0573. The standard InChI is InChI=1S/C18H20N2O3/c1-23-15-8-6-13(7-9-15)19-17-5-3-2-4-16(17)18(22)20-11-10-14(21)12-20/h2-9,14,19,21H,10-12H2,1H3/t14-/m1/s1. The number of methoxy groups -OCH3 is 1. The van der Waals surface area contributed by atoms with E-state index in [9.17, 15) is 9.90 Å². The summed E-state index contributed by atoms with van der Waals surface area (Å²) >= 11 is 0. The Labute approximate surface area is 135 Å². The second-order valence-corrected chi connectivity index (χ2v) is 5.59. The lowest BCUT2D eigenvalue weighted by atomic mass is 10.1. The fourth-order valence-corrected chi connectivity index (χ4v) is 2.71. The van der Waals surface area contributed by atoms with Crippen molar-refractivity contribution < 1.29 is 14.6 Å². The number of nitrogens with zero attached hydrogens (tertiary/aromatic N) is 1. The summed E-state index contributed by atoms with van der Waals surface area (Å²) in [6.45, 7) is 0.993. The van der Waals surface area contributed by atoms with Crippen LogP contribution in [0.3, 0.4) is 0 Å². The van der Waals surface area contributed by atoms with E-state index in [4.69, 9.17) is 4.74 Å². The number of β-amino-alcohol motifs (C(OH)–C–C–N with tert-alkyl or cyclic N) is 1. The average molecular weight is 312 g/mol. The molecule has 1 heterocycles. The largest absolute Gasteiger partial charge is 0.497 e. The number of para-hydroxylation sites is 1. The maximum Gasteiger partial charge on any atom is 0.256 e. The number of ether oxygens (including phenoxy) is 1. The van der Waals surface area contributed by atoms with Gasteiger partial charge in [0, 0.05) is 18.8 Å². The Balaban J connectivity index is 1.81. The van der Waals surface area contributed by atoms with Crippen LogP contribution in [0.25, 0.3) is 0 Å². The van der Waals surface area contributed by atoms with Crippen LogP contribution in [0.4, 0.5) is 11.4 Å². The molecular weight excluding hydrogens is 292 g/mol. The van der Waals surface area contributed by atoms with E-state index in [0.717, 1.165) is 17.1 Å². The summed E-state index contributed by atoms with van der Waals surface area (Å²) in [6, 6.07) is 15.0. The molecule has 2 N–H and O–H groups in total. The minimum atomic E-state index is -0.416. The van der Waals surface area contributed by atoms with Crippen LogP contribution in [0.15, 0.2) is 48.5 Å². The van der Waals surface area contributed by atoms with E-state index in [1.807, 2.05) is 42.5 Å². The SMILES string of the molecule is COc1ccc(Nc2ccccc2C(=O)N2CC[C@@H](O)C2)cc1. The van der Waals surface area contributed by atoms with Crippen LogP contribution in [0.5, 0.6) is 5.75 Å². The molecule has 120 valence electrons. The summed E-state index contributed by atoms with van der Waals surface area (Å²) in [5.74, 6) is 0.726. The fraction of sp³-hybridized carbons (Fsp3) is 0.278. The van der Waals surface area contributed by atoms with Crippen molar-refractivity contribution >= 4 is 17.3 Å². The third kappa shape index (κ3) is 3.46. The molecule has 0 aliphatic carbocycles. The number of aliphatic hydroxyl groups is 1. The molecule has 0 unspecified atom stereocenters. The lowest BCUT2D eigenvalue weighted by Gasteiger charge is -2.18. The molecule has 2 aromatic carbocycles. The highest BCUT2D eigenvalue weighted by Crippen LogP contribution is 2.25. The Morgan fingerprint density at radius 1 is 1.22 bits per heavy atom. The number of aliphatic hydroxyl groups excluding tert-OH is 1. The van der Waals surface area contributed by atoms with E-state index in [1.165, 1.54) is 0 Å². The first-order valence-corrected chi connectivity index (χ1v) is 7.65. The van der Waals surface area contributed by atoms with Crippen molar-refractivity contribution in [1.29, 1.82) is 0 Å². The summed E-state index contributed by atoms with van der Waals surface area (Å²) in [5, 5.41) is 12.9. The summed E-state index contributed by atoms with van der Waals surface area (Å²) in [6.07, 6.45) is 0.223. The third-order valence-corrected chi connectivity index (χ3v) is 3.98. The van der Waals surface area contributed by atoms with Gasteiger partial charge in [-0.25, -0.2) is 0 Å². The molecule has 1 aliphatic heterocycles. The predicted molar refractivity (Wildman–Crippen MR) is 89.2 cm³/mol. The third-order valence-electron chi connectivity index (χ3n) is 3.98. The number of benzene rings is 2. The van der Waals surface area contributed by atoms with E-state index in [0.29, 0.717) is 25.1 Å². The van der Waals surface area contributed by atoms with Gasteiger partial charge >= 0.3 is 0 Å². The van der Waals surface area contributed by atoms with Crippen LogP contribution in [-0.4, -0.2) is 42.2 Å². The number of nitrogens with one attached hydrogen (secondary N) is 1. The predicted octanol–water partition coefficient (Wildman–Crippen LogP) is 2.65. The van der Waals surface area contributed by atoms with Gasteiger partial charge in [-0.2, -0.15) is 0 Å². The number of rotatable bonds is 4. The highest BCUT2D eigenvalue weighted by molar-refractivity contribution is 6.00. The summed E-state index contributed by atoms with van der Waals surface area (Å²) < 4.78 is 5.15. The fourth-order valence-electron chi connectivity index (χ4n) is 2.71. The highest BCUT2D eigenvalue weighted by Gasteiger charge is 2.26. The van der Waals surface area contributed by atoms with Gasteiger partial charge in [0.25, 0.3) is 5.91 Å². The van der Waals surface area contributed by atoms with Gasteiger partial charge in [0.05, 0.1) is 24.5 Å². The molecule has 0 saturated carbocycles. The maximum absolute atomic E-state index is 12.7. The Morgan fingerprint density at radius 3 is 2.61 bits per heavy atom. The van der Waals surface area contributed by atoms with Crippen LogP contribution >= 0.6 is 0 Å². The Bertz CT molecular complexity index is 685. The van der Waals surface area contributed by atoms with Crippen molar-refractivity contribution in [3.8, 4) is 5.75 Å². The number of amides is 1. The van der Waals surface area contributed by atoms with Gasteiger partial charge in [0.15, 0.2) is 0 Å². The molecule has 5 nitrogen and oxygen atoms in total. The normalized spacial score (nSPS) is 17.1. The molecule has 1 saturated heterocycles. The molecule has 1 fully saturated rings. The second-order valence-electron chi connectivity index (χ2n) is 5.59. The number of carbonyl (C=O) groups excluding carboxylic acids is 1. The number of hydrogen-bond acceptors (Lipinski definition) is 4. The van der Waals surface area contributed by atoms with Crippen molar-refractivity contribution in [1.82, 2.24) is 4.90 Å². The van der Waals surface area contributed by atoms with Crippen LogP contribution in [0, 0.1) is 0 Å². The topological polar surface area (TPSA) is 61.8 Å². The monoisotopic (exact) mass is 312 g/mol. The number of carbonyl (C=O) groups is 1. The minimum Gasteiger partial charge on any atom is -0.497 e. The molecule has 2 aromatic rings. The molecule has 3 rings (SSSR count). The quantitative estimate of drug-likeness (QED) is 0.911. The number of anilines is 2. The van der Waals surface area contributed by atoms with E-state index in [1.54, 1.807) is 18.1 Å². The van der Waals surface area contributed by atoms with Crippen molar-refractivity contribution in [2.24, 2.45) is 0 Å². The van der Waals surface area contributed by atoms with Crippen molar-refractivity contribution in [3.63, 3.8) is 0 Å². The summed E-state index contributed by atoms with van der Waals surface area (Å²) in [5.41, 5.74) is 2.24. The smallest absolute Gasteiger partial charge is 0.256 e. The first-order valence-electron chi connectivity index (χ1n) is 7.65. The van der Waals surface area contributed by atoms with Crippen LogP contribution in [0.1, 0.15) is 16.8 Å². The van der Waals surface area contributed by atoms with Crippen molar-refractivity contribution in [2.75, 3.05) is 25.5 Å². The first-order chi connectivity index (χ1) is 11.2. The summed E-state index contributed by atoms with van der Waals surface area (Å²) in [4.78, 5) is 14.4. The molecule has 0 aromatic heterocycles. The molecule has 0 spiro atoms. The Morgan fingerprint density at radius 2 is 1.96 bits per heavy atom. The van der Waals surface area contributed by atoms with Crippen LogP contribution in [0.2, 0.25) is 0 Å². The molecule has 0 radical (unpaired) electrons. The first kappa shape index (κ1) is 15.4. The second kappa shape index (κ2) is 6.71. The molecule has 5 heteroatoms. The van der Waals surface area contributed by atoms with Gasteiger partial charge in [-0.3, -0.25) is 4.79 Å². The van der Waals surface area contributed by atoms with E-state index >= 15 is 0 Å². The van der Waals surface area contributed by atoms with Gasteiger partial charge in [-0.1, -0.05) is 12.1 Å². The lowest BCUT2D eigenvalue weighted by molar-refractivity contribution is 0.0766. The Kier molecular flexibility index (Phi) is 4.48. The van der Waals surface area contributed by atoms with Gasteiger partial charge in [0.1, 0.15) is 5.75 Å². The van der Waals surface area contributed by atoms with E-state index < -0.39 is 6.10 Å². The summed E-state index contributed by atoms with van der Waals surface area (Å²) in [7, 11) is 1.63. The molecule has 1 amide bonds. The molecule has 1 atom stereocenters. The van der Waals surface area contributed by atoms with Gasteiger partial charge in [-0.05, 0) is 42.8 Å². The van der Waals surface area contributed by atoms with Gasteiger partial charge in [-0.15, -0.1) is 0 Å². The zero-order valence-corrected chi connectivity index (χ0v) is 13.0. The molecule has 0 bridgehead atoms. The molecule has 23 heavy (non-hydrogen) atoms. The Hall–Kier alpha value is -2.53. The number of likely N-dealkylation sites (tertiary alicyclic amines) is 1. The van der Waals surface area contributed by atoms with Crippen LogP contribution < -0.4 is 10.1 Å². The van der Waals surface area contributed by atoms with E-state index in [-0.39, 0.29) is 5.91 Å². The van der Waals surface area contributed by atoms with Crippen molar-refractivity contribution in [2.45, 2.75) is 12.5 Å². The average Bonchev–Trinajstić information content (AvgIpc) is 3.02. The van der Waals surface area contributed by atoms with Crippen LogP contribution in [-0.2, 0) is 0 Å².